The predicted molar refractivity (Wildman–Crippen MR) is 42.3 cm³/mol. The van der Waals surface area contributed by atoms with Crippen LogP contribution in [-0.2, 0) is 0 Å². The quantitative estimate of drug-likeness (QED) is 0.426. The molecule has 0 spiro atoms. The second-order valence-corrected chi connectivity index (χ2v) is 2.94. The number of hydrogen-bond acceptors (Lipinski definition) is 1. The topological polar surface area (TPSA) is 0 Å². The highest BCUT2D eigenvalue weighted by Gasteiger charge is 1.99. The molecule has 0 aromatic carbocycles. The molecule has 0 aliphatic heterocycles. The third kappa shape index (κ3) is 4.28. The van der Waals surface area contributed by atoms with E-state index < -0.39 is 0 Å². The van der Waals surface area contributed by atoms with Gasteiger partial charge in [0, 0.05) is 10.8 Å². The van der Waals surface area contributed by atoms with Gasteiger partial charge in [-0.1, -0.05) is 26.1 Å². The fourth-order valence-electron chi connectivity index (χ4n) is 0.361. The third-order valence-corrected chi connectivity index (χ3v) is 1.01. The van der Waals surface area contributed by atoms with Crippen LogP contribution in [0.2, 0.25) is 0 Å². The number of rotatable bonds is 2. The average molecular weight is 146 g/mol. The van der Waals surface area contributed by atoms with E-state index in [1.165, 1.54) is 6.08 Å². The molecular formula is C7H11FS. The third-order valence-electron chi connectivity index (χ3n) is 0.893. The second-order valence-electron chi connectivity index (χ2n) is 2.29. The Morgan fingerprint density at radius 2 is 2.00 bits per heavy atom. The normalized spacial score (nSPS) is 12.3. The molecule has 0 heterocycles. The Bertz CT molecular complexity index is 136. The summed E-state index contributed by atoms with van der Waals surface area (Å²) in [6.45, 7) is 5.30. The Balaban J connectivity index is 4.00. The molecule has 0 aromatic rings. The molecule has 0 saturated heterocycles. The van der Waals surface area contributed by atoms with Crippen molar-refractivity contribution in [1.29, 1.82) is 0 Å². The smallest absolute Gasteiger partial charge is 0.104 e. The van der Waals surface area contributed by atoms with Crippen molar-refractivity contribution in [1.82, 2.24) is 0 Å². The van der Waals surface area contributed by atoms with Gasteiger partial charge in [-0.3, -0.25) is 0 Å². The van der Waals surface area contributed by atoms with Crippen molar-refractivity contribution in [2.24, 2.45) is 5.92 Å². The Hall–Kier alpha value is -0.240. The second kappa shape index (κ2) is 3.72. The number of thiocarbonyl (C=S) groups is 1. The van der Waals surface area contributed by atoms with Gasteiger partial charge < -0.3 is 0 Å². The summed E-state index contributed by atoms with van der Waals surface area (Å²) in [6, 6.07) is 0. The van der Waals surface area contributed by atoms with Gasteiger partial charge in [0.15, 0.2) is 0 Å². The summed E-state index contributed by atoms with van der Waals surface area (Å²) in [5.41, 5.74) is 0. The van der Waals surface area contributed by atoms with Crippen LogP contribution in [0.3, 0.4) is 0 Å². The Kier molecular flexibility index (Phi) is 3.62. The largest absolute Gasteiger partial charge is 0.212 e. The van der Waals surface area contributed by atoms with E-state index in [0.29, 0.717) is 4.86 Å². The van der Waals surface area contributed by atoms with Crippen LogP contribution < -0.4 is 0 Å². The highest BCUT2D eigenvalue weighted by atomic mass is 32.1. The van der Waals surface area contributed by atoms with Crippen LogP contribution >= 0.6 is 12.2 Å². The molecule has 0 aliphatic rings. The first kappa shape index (κ1) is 8.76. The minimum absolute atomic E-state index is 0.0390. The lowest BCUT2D eigenvalue weighted by molar-refractivity contribution is 0.521. The molecule has 0 unspecified atom stereocenters. The maximum Gasteiger partial charge on any atom is 0.104 e. The lowest BCUT2D eigenvalue weighted by Crippen LogP contribution is -1.89. The van der Waals surface area contributed by atoms with Crippen LogP contribution in [0.25, 0.3) is 0 Å². The molecule has 0 N–H and O–H groups in total. The molecule has 9 heavy (non-hydrogen) atoms. The standard InChI is InChI=1S/C7H11FS/c1-5(2)7(8)4-6(3)9/h4-5H,1-3H3/b7-4-. The zero-order chi connectivity index (χ0) is 7.44. The minimum atomic E-state index is -0.137. The zero-order valence-electron chi connectivity index (χ0n) is 5.94. The van der Waals surface area contributed by atoms with Crippen LogP contribution in [-0.4, -0.2) is 4.86 Å². The summed E-state index contributed by atoms with van der Waals surface area (Å²) in [5.74, 6) is -0.176. The molecular weight excluding hydrogens is 135 g/mol. The van der Waals surface area contributed by atoms with Gasteiger partial charge in [-0.05, 0) is 13.0 Å². The van der Waals surface area contributed by atoms with Gasteiger partial charge in [0.25, 0.3) is 0 Å². The first-order chi connectivity index (χ1) is 4.04. The molecule has 2 heteroatoms. The predicted octanol–water partition coefficient (Wildman–Crippen LogP) is 2.89. The van der Waals surface area contributed by atoms with Gasteiger partial charge in [-0.15, -0.1) is 0 Å². The molecule has 0 amide bonds. The van der Waals surface area contributed by atoms with Crippen molar-refractivity contribution in [3.8, 4) is 0 Å². The summed E-state index contributed by atoms with van der Waals surface area (Å²) < 4.78 is 12.5. The number of allylic oxidation sites excluding steroid dienone is 2. The molecule has 0 fully saturated rings. The van der Waals surface area contributed by atoms with Crippen LogP contribution in [0.5, 0.6) is 0 Å². The molecule has 52 valence electrons. The summed E-state index contributed by atoms with van der Waals surface area (Å²) in [5, 5.41) is 0. The SMILES string of the molecule is CC(=S)/C=C(\F)C(C)C. The van der Waals surface area contributed by atoms with E-state index in [2.05, 4.69) is 12.2 Å². The van der Waals surface area contributed by atoms with Gasteiger partial charge in [0.05, 0.1) is 0 Å². The van der Waals surface area contributed by atoms with E-state index in [4.69, 9.17) is 0 Å². The van der Waals surface area contributed by atoms with Crippen LogP contribution in [0.4, 0.5) is 4.39 Å². The van der Waals surface area contributed by atoms with E-state index in [-0.39, 0.29) is 11.7 Å². The Labute approximate surface area is 60.8 Å². The Morgan fingerprint density at radius 3 is 2.11 bits per heavy atom. The lowest BCUT2D eigenvalue weighted by atomic mass is 10.2. The van der Waals surface area contributed by atoms with Crippen molar-refractivity contribution in [3.05, 3.63) is 11.9 Å². The molecule has 0 aliphatic carbocycles. The molecule has 0 rings (SSSR count). The zero-order valence-corrected chi connectivity index (χ0v) is 6.76. The van der Waals surface area contributed by atoms with E-state index in [1.807, 2.05) is 0 Å². The molecule has 0 atom stereocenters. The highest BCUT2D eigenvalue weighted by molar-refractivity contribution is 7.80. The molecule has 0 radical (unpaired) electrons. The first-order valence-corrected chi connectivity index (χ1v) is 3.32. The molecule has 0 saturated carbocycles. The van der Waals surface area contributed by atoms with E-state index in [0.717, 1.165) is 0 Å². The molecule has 0 bridgehead atoms. The highest BCUT2D eigenvalue weighted by Crippen LogP contribution is 2.09. The van der Waals surface area contributed by atoms with Crippen molar-refractivity contribution < 1.29 is 4.39 Å². The fourth-order valence-corrected chi connectivity index (χ4v) is 0.473. The maximum atomic E-state index is 12.5. The monoisotopic (exact) mass is 146 g/mol. The van der Waals surface area contributed by atoms with Crippen molar-refractivity contribution >= 4 is 17.1 Å². The minimum Gasteiger partial charge on any atom is -0.212 e. The average Bonchev–Trinajstić information content (AvgIpc) is 1.63. The lowest BCUT2D eigenvalue weighted by Gasteiger charge is -1.97. The number of hydrogen-bond donors (Lipinski definition) is 0. The van der Waals surface area contributed by atoms with Crippen LogP contribution in [0.1, 0.15) is 20.8 Å². The summed E-state index contributed by atoms with van der Waals surface area (Å²) in [4.78, 5) is 0.598. The molecule has 0 aromatic heterocycles. The first-order valence-electron chi connectivity index (χ1n) is 2.91. The van der Waals surface area contributed by atoms with Crippen LogP contribution in [0.15, 0.2) is 11.9 Å². The summed E-state index contributed by atoms with van der Waals surface area (Å²) in [7, 11) is 0. The van der Waals surface area contributed by atoms with Gasteiger partial charge in [0.1, 0.15) is 5.83 Å². The van der Waals surface area contributed by atoms with Crippen LogP contribution in [0, 0.1) is 5.92 Å². The number of halogens is 1. The van der Waals surface area contributed by atoms with E-state index in [9.17, 15) is 4.39 Å². The van der Waals surface area contributed by atoms with Gasteiger partial charge in [-0.2, -0.15) is 0 Å². The van der Waals surface area contributed by atoms with Gasteiger partial charge >= 0.3 is 0 Å². The van der Waals surface area contributed by atoms with Gasteiger partial charge in [0.2, 0.25) is 0 Å². The summed E-state index contributed by atoms with van der Waals surface area (Å²) in [6.07, 6.45) is 1.39. The Morgan fingerprint density at radius 1 is 1.56 bits per heavy atom. The van der Waals surface area contributed by atoms with Crippen molar-refractivity contribution in [2.45, 2.75) is 20.8 Å². The fraction of sp³-hybridized carbons (Fsp3) is 0.571. The van der Waals surface area contributed by atoms with Gasteiger partial charge in [-0.25, -0.2) is 4.39 Å². The van der Waals surface area contributed by atoms with Crippen molar-refractivity contribution in [3.63, 3.8) is 0 Å². The molecule has 0 nitrogen and oxygen atoms in total. The van der Waals surface area contributed by atoms with E-state index >= 15 is 0 Å². The summed E-state index contributed by atoms with van der Waals surface area (Å²) >= 11 is 4.67. The van der Waals surface area contributed by atoms with Crippen molar-refractivity contribution in [2.75, 3.05) is 0 Å². The maximum absolute atomic E-state index is 12.5. The van der Waals surface area contributed by atoms with E-state index in [1.54, 1.807) is 20.8 Å².